The minimum absolute atomic E-state index is 0.381. The number of hydrogen-bond donors (Lipinski definition) is 1. The number of rotatable bonds is 10. The SMILES string of the molecule is C/C=C/SC(=NC)Nc1ncccc1OCc1cccc(OCCCC=O)c1. The van der Waals surface area contributed by atoms with Gasteiger partial charge in [0, 0.05) is 19.7 Å². The Bertz CT molecular complexity index is 809. The summed E-state index contributed by atoms with van der Waals surface area (Å²) in [5.41, 5.74) is 0.982. The van der Waals surface area contributed by atoms with E-state index in [2.05, 4.69) is 15.3 Å². The van der Waals surface area contributed by atoms with Gasteiger partial charge in [0.05, 0.1) is 6.61 Å². The molecule has 2 rings (SSSR count). The average molecular weight is 400 g/mol. The molecule has 0 radical (unpaired) electrons. The van der Waals surface area contributed by atoms with Gasteiger partial charge in [-0.25, -0.2) is 4.98 Å². The number of amidine groups is 1. The highest BCUT2D eigenvalue weighted by Crippen LogP contribution is 2.24. The Morgan fingerprint density at radius 3 is 2.96 bits per heavy atom. The number of pyridine rings is 1. The van der Waals surface area contributed by atoms with E-state index in [9.17, 15) is 4.79 Å². The summed E-state index contributed by atoms with van der Waals surface area (Å²) in [6, 6.07) is 11.4. The van der Waals surface area contributed by atoms with E-state index in [1.165, 1.54) is 11.8 Å². The lowest BCUT2D eigenvalue weighted by molar-refractivity contribution is -0.108. The summed E-state index contributed by atoms with van der Waals surface area (Å²) in [5.74, 6) is 2.02. The maximum absolute atomic E-state index is 10.4. The lowest BCUT2D eigenvalue weighted by atomic mass is 10.2. The van der Waals surface area contributed by atoms with E-state index in [0.29, 0.717) is 37.6 Å². The van der Waals surface area contributed by atoms with Crippen molar-refractivity contribution in [1.82, 2.24) is 4.98 Å². The van der Waals surface area contributed by atoms with Crippen LogP contribution < -0.4 is 14.8 Å². The van der Waals surface area contributed by atoms with Crippen LogP contribution in [0.1, 0.15) is 25.3 Å². The number of aromatic nitrogens is 1. The molecule has 0 spiro atoms. The molecular weight excluding hydrogens is 374 g/mol. The normalized spacial score (nSPS) is 11.4. The molecule has 1 aromatic heterocycles. The van der Waals surface area contributed by atoms with Crippen LogP contribution in [0.4, 0.5) is 5.82 Å². The van der Waals surface area contributed by atoms with E-state index < -0.39 is 0 Å². The van der Waals surface area contributed by atoms with Crippen molar-refractivity contribution in [3.05, 3.63) is 59.6 Å². The monoisotopic (exact) mass is 399 g/mol. The maximum atomic E-state index is 10.4. The van der Waals surface area contributed by atoms with Crippen molar-refractivity contribution in [3.63, 3.8) is 0 Å². The van der Waals surface area contributed by atoms with Crippen molar-refractivity contribution in [2.75, 3.05) is 19.0 Å². The largest absolute Gasteiger partial charge is 0.494 e. The molecule has 2 aromatic rings. The van der Waals surface area contributed by atoms with Gasteiger partial charge in [0.1, 0.15) is 18.6 Å². The fourth-order valence-electron chi connectivity index (χ4n) is 2.22. The second-order valence-corrected chi connectivity index (χ2v) is 6.58. The first-order valence-electron chi connectivity index (χ1n) is 9.01. The number of aliphatic imine (C=N–C) groups is 1. The van der Waals surface area contributed by atoms with Gasteiger partial charge in [-0.05, 0) is 48.6 Å². The molecule has 0 fully saturated rings. The van der Waals surface area contributed by atoms with Crippen molar-refractivity contribution < 1.29 is 14.3 Å². The van der Waals surface area contributed by atoms with Crippen LogP contribution >= 0.6 is 11.8 Å². The molecule has 0 amide bonds. The summed E-state index contributed by atoms with van der Waals surface area (Å²) < 4.78 is 11.6. The van der Waals surface area contributed by atoms with Gasteiger partial charge in [-0.1, -0.05) is 30.0 Å². The summed E-state index contributed by atoms with van der Waals surface area (Å²) in [4.78, 5) is 18.9. The molecule has 0 aliphatic carbocycles. The standard InChI is InChI=1S/C21H25N3O3S/c1-3-14-28-21(22-2)24-20-19(10-7-11-23-20)27-16-17-8-6-9-18(15-17)26-13-5-4-12-25/h3,6-12,14-15H,4-5,13,16H2,1-2H3,(H,22,23,24)/b14-3+. The smallest absolute Gasteiger partial charge is 0.174 e. The first-order chi connectivity index (χ1) is 13.8. The summed E-state index contributed by atoms with van der Waals surface area (Å²) in [6.07, 6.45) is 5.77. The van der Waals surface area contributed by atoms with Crippen LogP contribution in [0.5, 0.6) is 11.5 Å². The molecule has 1 heterocycles. The van der Waals surface area contributed by atoms with Crippen LogP contribution in [0, 0.1) is 0 Å². The van der Waals surface area contributed by atoms with Crippen molar-refractivity contribution in [2.24, 2.45) is 4.99 Å². The van der Waals surface area contributed by atoms with E-state index in [4.69, 9.17) is 9.47 Å². The van der Waals surface area contributed by atoms with E-state index in [0.717, 1.165) is 22.8 Å². The number of allylic oxidation sites excluding steroid dienone is 1. The number of carbonyl (C=O) groups is 1. The highest BCUT2D eigenvalue weighted by atomic mass is 32.2. The number of unbranched alkanes of at least 4 members (excludes halogenated alkanes) is 1. The van der Waals surface area contributed by atoms with Crippen LogP contribution in [0.25, 0.3) is 0 Å². The van der Waals surface area contributed by atoms with Crippen molar-refractivity contribution in [3.8, 4) is 11.5 Å². The zero-order chi connectivity index (χ0) is 20.0. The third kappa shape index (κ3) is 7.44. The van der Waals surface area contributed by atoms with E-state index in [1.54, 1.807) is 13.2 Å². The van der Waals surface area contributed by atoms with Crippen LogP contribution in [-0.2, 0) is 11.4 Å². The number of nitrogens with zero attached hydrogens (tertiary/aromatic N) is 2. The average Bonchev–Trinajstić information content (AvgIpc) is 2.73. The zero-order valence-electron chi connectivity index (χ0n) is 16.1. The second kappa shape index (κ2) is 12.6. The van der Waals surface area contributed by atoms with E-state index in [-0.39, 0.29) is 0 Å². The summed E-state index contributed by atoms with van der Waals surface area (Å²) in [5, 5.41) is 5.86. The van der Waals surface area contributed by atoms with Gasteiger partial charge in [-0.15, -0.1) is 0 Å². The van der Waals surface area contributed by atoms with Crippen molar-refractivity contribution >= 4 is 29.0 Å². The first kappa shape index (κ1) is 21.5. The molecule has 0 saturated heterocycles. The molecule has 28 heavy (non-hydrogen) atoms. The van der Waals surface area contributed by atoms with E-state index >= 15 is 0 Å². The van der Waals surface area contributed by atoms with Crippen molar-refractivity contribution in [2.45, 2.75) is 26.4 Å². The number of nitrogens with one attached hydrogen (secondary N) is 1. The topological polar surface area (TPSA) is 72.8 Å². The third-order valence-electron chi connectivity index (χ3n) is 3.54. The molecule has 148 valence electrons. The lowest BCUT2D eigenvalue weighted by Gasteiger charge is -2.13. The van der Waals surface area contributed by atoms with Gasteiger partial charge in [0.25, 0.3) is 0 Å². The van der Waals surface area contributed by atoms with Crippen LogP contribution in [0.15, 0.2) is 59.1 Å². The Hall–Kier alpha value is -2.80. The molecule has 0 aliphatic heterocycles. The number of carbonyl (C=O) groups excluding carboxylic acids is 1. The van der Waals surface area contributed by atoms with Gasteiger partial charge < -0.3 is 19.6 Å². The molecule has 0 atom stereocenters. The van der Waals surface area contributed by atoms with Gasteiger partial charge in [-0.3, -0.25) is 4.99 Å². The molecule has 1 N–H and O–H groups in total. The Morgan fingerprint density at radius 1 is 1.29 bits per heavy atom. The molecular formula is C21H25N3O3S. The highest BCUT2D eigenvalue weighted by Gasteiger charge is 2.08. The number of ether oxygens (including phenoxy) is 2. The summed E-state index contributed by atoms with van der Waals surface area (Å²) in [6.45, 7) is 2.85. The molecule has 6 nitrogen and oxygen atoms in total. The number of thioether (sulfide) groups is 1. The fourth-order valence-corrected chi connectivity index (χ4v) is 2.74. The molecule has 0 saturated carbocycles. The number of benzene rings is 1. The molecule has 1 aromatic carbocycles. The second-order valence-electron chi connectivity index (χ2n) is 5.68. The molecule has 0 bridgehead atoms. The zero-order valence-corrected chi connectivity index (χ0v) is 16.9. The fraction of sp³-hybridized carbons (Fsp3) is 0.286. The summed E-state index contributed by atoms with van der Waals surface area (Å²) in [7, 11) is 1.73. The van der Waals surface area contributed by atoms with Crippen LogP contribution in [-0.4, -0.2) is 30.1 Å². The number of aldehydes is 1. The molecule has 0 unspecified atom stereocenters. The predicted octanol–water partition coefficient (Wildman–Crippen LogP) is 4.68. The quantitative estimate of drug-likeness (QED) is 0.271. The molecule has 0 aliphatic rings. The Labute approximate surface area is 170 Å². The Kier molecular flexibility index (Phi) is 9.65. The Morgan fingerprint density at radius 2 is 2.18 bits per heavy atom. The van der Waals surface area contributed by atoms with E-state index in [1.807, 2.05) is 54.8 Å². The minimum atomic E-state index is 0.381. The Balaban J connectivity index is 1.98. The van der Waals surface area contributed by atoms with Crippen LogP contribution in [0.2, 0.25) is 0 Å². The van der Waals surface area contributed by atoms with Gasteiger partial charge >= 0.3 is 0 Å². The third-order valence-corrected chi connectivity index (χ3v) is 4.46. The predicted molar refractivity (Wildman–Crippen MR) is 115 cm³/mol. The van der Waals surface area contributed by atoms with Gasteiger partial charge in [-0.2, -0.15) is 0 Å². The first-order valence-corrected chi connectivity index (χ1v) is 9.89. The minimum Gasteiger partial charge on any atom is -0.494 e. The lowest BCUT2D eigenvalue weighted by Crippen LogP contribution is -2.10. The summed E-state index contributed by atoms with van der Waals surface area (Å²) >= 11 is 1.48. The highest BCUT2D eigenvalue weighted by molar-refractivity contribution is 8.16. The van der Waals surface area contributed by atoms with Crippen LogP contribution in [0.3, 0.4) is 0 Å². The number of anilines is 1. The number of hydrogen-bond acceptors (Lipinski definition) is 6. The molecule has 7 heteroatoms. The maximum Gasteiger partial charge on any atom is 0.174 e. The van der Waals surface area contributed by atoms with Crippen molar-refractivity contribution in [1.29, 1.82) is 0 Å². The van der Waals surface area contributed by atoms with Gasteiger partial charge in [0.2, 0.25) is 0 Å². The van der Waals surface area contributed by atoms with Gasteiger partial charge in [0.15, 0.2) is 16.7 Å².